The van der Waals surface area contributed by atoms with Gasteiger partial charge in [0.15, 0.2) is 9.90 Å². The van der Waals surface area contributed by atoms with Crippen LogP contribution in [0.1, 0.15) is 17.4 Å². The number of hydrogen-bond acceptors (Lipinski definition) is 7. The molecule has 0 saturated carbocycles. The van der Waals surface area contributed by atoms with E-state index in [0.29, 0.717) is 0 Å². The third-order valence-electron chi connectivity index (χ3n) is 1.73. The SMILES string of the molecule is COC(=O)c1ncsc1S(=O)(=O)NCC(C)O. The fraction of sp³-hybridized carbons (Fsp3) is 0.500. The molecule has 0 aliphatic heterocycles. The number of nitrogens with zero attached hydrogens (tertiary/aromatic N) is 1. The summed E-state index contributed by atoms with van der Waals surface area (Å²) >= 11 is 0.808. The Morgan fingerprint density at radius 3 is 2.88 bits per heavy atom. The second-order valence-corrected chi connectivity index (χ2v) is 6.00. The first kappa shape index (κ1) is 14.0. The lowest BCUT2D eigenvalue weighted by molar-refractivity contribution is 0.0590. The van der Waals surface area contributed by atoms with E-state index in [2.05, 4.69) is 14.4 Å². The highest BCUT2D eigenvalue weighted by Gasteiger charge is 2.26. The quantitative estimate of drug-likeness (QED) is 0.710. The van der Waals surface area contributed by atoms with Gasteiger partial charge in [0, 0.05) is 6.54 Å². The Bertz CT molecular complexity index is 494. The number of carbonyl (C=O) groups is 1. The smallest absolute Gasteiger partial charge is 0.358 e. The first-order valence-corrected chi connectivity index (χ1v) is 6.94. The van der Waals surface area contributed by atoms with Gasteiger partial charge in [0.1, 0.15) is 0 Å². The second-order valence-electron chi connectivity index (χ2n) is 3.18. The number of methoxy groups -OCH3 is 1. The highest BCUT2D eigenvalue weighted by molar-refractivity contribution is 7.91. The molecule has 1 aromatic heterocycles. The summed E-state index contributed by atoms with van der Waals surface area (Å²) in [6.45, 7) is 1.30. The zero-order valence-electron chi connectivity index (χ0n) is 9.21. The molecular weight excluding hydrogens is 268 g/mol. The van der Waals surface area contributed by atoms with E-state index in [1.165, 1.54) is 12.4 Å². The highest BCUT2D eigenvalue weighted by atomic mass is 32.2. The number of nitrogens with one attached hydrogen (secondary N) is 1. The average Bonchev–Trinajstić information content (AvgIpc) is 2.75. The molecule has 0 aliphatic carbocycles. The fourth-order valence-corrected chi connectivity index (χ4v) is 3.25. The molecule has 1 rings (SSSR count). The highest BCUT2D eigenvalue weighted by Crippen LogP contribution is 2.20. The topological polar surface area (TPSA) is 106 Å². The van der Waals surface area contributed by atoms with Crippen LogP contribution in [0.25, 0.3) is 0 Å². The third kappa shape index (κ3) is 3.46. The van der Waals surface area contributed by atoms with E-state index in [4.69, 9.17) is 5.11 Å². The molecule has 1 atom stereocenters. The molecule has 96 valence electrons. The molecule has 1 unspecified atom stereocenters. The molecule has 0 bridgehead atoms. The number of aliphatic hydroxyl groups is 1. The van der Waals surface area contributed by atoms with Crippen LogP contribution in [0.15, 0.2) is 9.72 Å². The molecule has 17 heavy (non-hydrogen) atoms. The van der Waals surface area contributed by atoms with Crippen LogP contribution in [0.3, 0.4) is 0 Å². The predicted molar refractivity (Wildman–Crippen MR) is 60.3 cm³/mol. The minimum absolute atomic E-state index is 0.138. The Balaban J connectivity index is 2.99. The molecule has 0 radical (unpaired) electrons. The van der Waals surface area contributed by atoms with Crippen LogP contribution in [-0.2, 0) is 14.8 Å². The second kappa shape index (κ2) is 5.54. The van der Waals surface area contributed by atoms with Crippen LogP contribution < -0.4 is 4.72 Å². The number of rotatable bonds is 5. The van der Waals surface area contributed by atoms with E-state index in [-0.39, 0.29) is 16.4 Å². The van der Waals surface area contributed by atoms with Crippen molar-refractivity contribution in [1.82, 2.24) is 9.71 Å². The first-order chi connectivity index (χ1) is 7.88. The van der Waals surface area contributed by atoms with Gasteiger partial charge in [0.05, 0.1) is 18.7 Å². The summed E-state index contributed by atoms with van der Waals surface area (Å²) in [5.41, 5.74) is 0.985. The minimum atomic E-state index is -3.85. The number of hydrogen-bond donors (Lipinski definition) is 2. The summed E-state index contributed by atoms with van der Waals surface area (Å²) in [6, 6.07) is 0. The van der Waals surface area contributed by atoms with E-state index < -0.39 is 22.1 Å². The van der Waals surface area contributed by atoms with E-state index in [1.54, 1.807) is 0 Å². The van der Waals surface area contributed by atoms with Crippen molar-refractivity contribution in [3.8, 4) is 0 Å². The number of ether oxygens (including phenoxy) is 1. The minimum Gasteiger partial charge on any atom is -0.464 e. The van der Waals surface area contributed by atoms with Gasteiger partial charge in [0.25, 0.3) is 10.0 Å². The summed E-state index contributed by atoms with van der Waals surface area (Å²) in [5.74, 6) is -0.816. The van der Waals surface area contributed by atoms with Crippen LogP contribution in [0.5, 0.6) is 0 Å². The molecule has 7 nitrogen and oxygen atoms in total. The van der Waals surface area contributed by atoms with Gasteiger partial charge in [-0.05, 0) is 6.92 Å². The van der Waals surface area contributed by atoms with Crippen molar-refractivity contribution in [2.75, 3.05) is 13.7 Å². The van der Waals surface area contributed by atoms with Gasteiger partial charge in [-0.25, -0.2) is 22.9 Å². The Labute approximate surface area is 102 Å². The normalized spacial score (nSPS) is 13.4. The molecule has 9 heteroatoms. The zero-order chi connectivity index (χ0) is 13.1. The molecule has 2 N–H and O–H groups in total. The van der Waals surface area contributed by atoms with Crippen molar-refractivity contribution in [3.63, 3.8) is 0 Å². The van der Waals surface area contributed by atoms with E-state index in [0.717, 1.165) is 18.4 Å². The summed E-state index contributed by atoms with van der Waals surface area (Å²) in [5, 5.41) is 9.01. The Hall–Kier alpha value is -1.03. The van der Waals surface area contributed by atoms with Crippen LogP contribution in [0.4, 0.5) is 0 Å². The summed E-state index contributed by atoms with van der Waals surface area (Å²) < 4.78 is 29.9. The van der Waals surface area contributed by atoms with E-state index >= 15 is 0 Å². The first-order valence-electron chi connectivity index (χ1n) is 4.58. The van der Waals surface area contributed by atoms with Crippen molar-refractivity contribution in [2.24, 2.45) is 0 Å². The molecule has 0 aromatic carbocycles. The molecule has 0 aliphatic rings. The van der Waals surface area contributed by atoms with Crippen molar-refractivity contribution < 1.29 is 23.1 Å². The maximum absolute atomic E-state index is 11.8. The van der Waals surface area contributed by atoms with Gasteiger partial charge in [0.2, 0.25) is 0 Å². The fourth-order valence-electron chi connectivity index (χ4n) is 0.955. The van der Waals surface area contributed by atoms with Gasteiger partial charge in [-0.2, -0.15) is 0 Å². The lowest BCUT2D eigenvalue weighted by Crippen LogP contribution is -2.31. The van der Waals surface area contributed by atoms with Crippen LogP contribution in [0.2, 0.25) is 0 Å². The molecule has 0 fully saturated rings. The molecule has 1 aromatic rings. The Morgan fingerprint density at radius 2 is 2.35 bits per heavy atom. The lowest BCUT2D eigenvalue weighted by atomic mass is 10.4. The summed E-state index contributed by atoms with van der Waals surface area (Å²) in [4.78, 5) is 14.9. The molecule has 0 saturated heterocycles. The Morgan fingerprint density at radius 1 is 1.71 bits per heavy atom. The van der Waals surface area contributed by atoms with Crippen molar-refractivity contribution in [2.45, 2.75) is 17.2 Å². The van der Waals surface area contributed by atoms with Crippen LogP contribution in [-0.4, -0.2) is 44.2 Å². The van der Waals surface area contributed by atoms with Crippen LogP contribution in [0, 0.1) is 0 Å². The lowest BCUT2D eigenvalue weighted by Gasteiger charge is -2.07. The number of carbonyl (C=O) groups excluding carboxylic acids is 1. The summed E-state index contributed by atoms with van der Waals surface area (Å²) in [7, 11) is -2.71. The van der Waals surface area contributed by atoms with E-state index in [1.807, 2.05) is 0 Å². The number of thiazole rings is 1. The van der Waals surface area contributed by atoms with Gasteiger partial charge in [-0.3, -0.25) is 0 Å². The zero-order valence-corrected chi connectivity index (χ0v) is 10.8. The largest absolute Gasteiger partial charge is 0.464 e. The van der Waals surface area contributed by atoms with Crippen LogP contribution >= 0.6 is 11.3 Å². The average molecular weight is 280 g/mol. The van der Waals surface area contributed by atoms with Gasteiger partial charge in [-0.15, -0.1) is 11.3 Å². The monoisotopic (exact) mass is 280 g/mol. The third-order valence-corrected chi connectivity index (χ3v) is 4.52. The van der Waals surface area contributed by atoms with Crippen molar-refractivity contribution in [1.29, 1.82) is 0 Å². The number of aromatic nitrogens is 1. The summed E-state index contributed by atoms with van der Waals surface area (Å²) in [6.07, 6.45) is -0.820. The standard InChI is InChI=1S/C8H12N2O5S2/c1-5(11)3-10-17(13,14)8-6(7(12)15-2)9-4-16-8/h4-5,10-11H,3H2,1-2H3. The van der Waals surface area contributed by atoms with E-state index in [9.17, 15) is 13.2 Å². The van der Waals surface area contributed by atoms with Crippen molar-refractivity contribution in [3.05, 3.63) is 11.2 Å². The number of sulfonamides is 1. The number of esters is 1. The molecule has 0 amide bonds. The molecular formula is C8H12N2O5S2. The Kier molecular flexibility index (Phi) is 4.57. The maximum atomic E-state index is 11.8. The maximum Gasteiger partial charge on any atom is 0.358 e. The van der Waals surface area contributed by atoms with Crippen molar-refractivity contribution >= 4 is 27.3 Å². The molecule has 0 spiro atoms. The van der Waals surface area contributed by atoms with Gasteiger partial charge >= 0.3 is 5.97 Å². The molecule has 1 heterocycles. The van der Waals surface area contributed by atoms with Gasteiger partial charge in [-0.1, -0.05) is 0 Å². The predicted octanol–water partition coefficient (Wildman–Crippen LogP) is -0.411. The van der Waals surface area contributed by atoms with Gasteiger partial charge < -0.3 is 9.84 Å². The number of aliphatic hydroxyl groups excluding tert-OH is 1.